The Bertz CT molecular complexity index is 842. The van der Waals surface area contributed by atoms with Crippen molar-refractivity contribution in [2.75, 3.05) is 14.2 Å². The molecule has 0 aliphatic rings. The third-order valence-corrected chi connectivity index (χ3v) is 4.27. The molecule has 0 radical (unpaired) electrons. The van der Waals surface area contributed by atoms with Crippen LogP contribution in [-0.2, 0) is 22.4 Å². The van der Waals surface area contributed by atoms with Crippen molar-refractivity contribution < 1.29 is 19.1 Å². The number of methoxy groups -OCH3 is 2. The minimum atomic E-state index is -0.254. The molecule has 0 unspecified atom stereocenters. The summed E-state index contributed by atoms with van der Waals surface area (Å²) in [4.78, 5) is 24.1. The van der Waals surface area contributed by atoms with Gasteiger partial charge in [-0.05, 0) is 49.2 Å². The molecule has 2 rings (SSSR count). The summed E-state index contributed by atoms with van der Waals surface area (Å²) in [6.45, 7) is 3.39. The summed E-state index contributed by atoms with van der Waals surface area (Å²) in [5.41, 5.74) is 7.65. The highest BCUT2D eigenvalue weighted by atomic mass is 16.5. The number of nitrogens with one attached hydrogen (secondary N) is 2. The number of benzene rings is 2. The molecule has 8 heteroatoms. The lowest BCUT2D eigenvalue weighted by atomic mass is 10.1. The molecule has 0 fully saturated rings. The second-order valence-corrected chi connectivity index (χ2v) is 6.51. The van der Waals surface area contributed by atoms with Crippen molar-refractivity contribution in [2.24, 2.45) is 10.2 Å². The number of ether oxygens (including phenoxy) is 2. The molecule has 2 N–H and O–H groups in total. The number of hydrazone groups is 2. The second kappa shape index (κ2) is 11.4. The average Bonchev–Trinajstić information content (AvgIpc) is 2.76. The maximum atomic E-state index is 12.0. The van der Waals surface area contributed by atoms with E-state index >= 15 is 0 Å². The summed E-state index contributed by atoms with van der Waals surface area (Å²) in [6.07, 6.45) is 0.380. The predicted molar refractivity (Wildman–Crippen MR) is 116 cm³/mol. The fourth-order valence-electron chi connectivity index (χ4n) is 2.39. The number of rotatable bonds is 9. The van der Waals surface area contributed by atoms with Crippen molar-refractivity contribution in [2.45, 2.75) is 26.7 Å². The number of carbonyl (C=O) groups is 2. The first-order valence-electron chi connectivity index (χ1n) is 9.33. The molecule has 2 aromatic rings. The zero-order valence-corrected chi connectivity index (χ0v) is 17.6. The number of carbonyl (C=O) groups excluding carboxylic acids is 2. The number of amides is 2. The Morgan fingerprint density at radius 2 is 1.03 bits per heavy atom. The fourth-order valence-corrected chi connectivity index (χ4v) is 2.39. The molecule has 30 heavy (non-hydrogen) atoms. The average molecular weight is 410 g/mol. The summed E-state index contributed by atoms with van der Waals surface area (Å²) in [6, 6.07) is 14.5. The van der Waals surface area contributed by atoms with Crippen molar-refractivity contribution in [3.63, 3.8) is 0 Å². The van der Waals surface area contributed by atoms with Crippen LogP contribution in [0.4, 0.5) is 0 Å². The van der Waals surface area contributed by atoms with Crippen molar-refractivity contribution in [3.05, 3.63) is 59.7 Å². The summed E-state index contributed by atoms with van der Waals surface area (Å²) in [5.74, 6) is 0.953. The first-order valence-corrected chi connectivity index (χ1v) is 9.33. The van der Waals surface area contributed by atoms with Gasteiger partial charge in [-0.3, -0.25) is 9.59 Å². The van der Waals surface area contributed by atoms with Gasteiger partial charge in [0.25, 0.3) is 0 Å². The van der Waals surface area contributed by atoms with E-state index in [-0.39, 0.29) is 24.7 Å². The minimum absolute atomic E-state index is 0.190. The molecular weight excluding hydrogens is 384 g/mol. The molecule has 0 saturated heterocycles. The van der Waals surface area contributed by atoms with Gasteiger partial charge in [-0.25, -0.2) is 10.9 Å². The van der Waals surface area contributed by atoms with Gasteiger partial charge >= 0.3 is 0 Å². The van der Waals surface area contributed by atoms with E-state index in [1.165, 1.54) is 0 Å². The van der Waals surface area contributed by atoms with Gasteiger partial charge in [0, 0.05) is 0 Å². The van der Waals surface area contributed by atoms with Gasteiger partial charge in [-0.2, -0.15) is 10.2 Å². The van der Waals surface area contributed by atoms with Crippen LogP contribution in [0.15, 0.2) is 58.7 Å². The van der Waals surface area contributed by atoms with Gasteiger partial charge in [0.1, 0.15) is 11.5 Å². The van der Waals surface area contributed by atoms with E-state index < -0.39 is 0 Å². The Morgan fingerprint density at radius 1 is 0.700 bits per heavy atom. The Labute approximate surface area is 176 Å². The van der Waals surface area contributed by atoms with Gasteiger partial charge in [-0.1, -0.05) is 24.3 Å². The highest BCUT2D eigenvalue weighted by molar-refractivity contribution is 6.40. The normalized spacial score (nSPS) is 11.6. The number of hydrogen-bond acceptors (Lipinski definition) is 6. The fraction of sp³-hybridized carbons (Fsp3) is 0.273. The van der Waals surface area contributed by atoms with Gasteiger partial charge in [0.2, 0.25) is 11.8 Å². The topological polar surface area (TPSA) is 101 Å². The molecule has 2 amide bonds. The van der Waals surface area contributed by atoms with Crippen LogP contribution in [0.1, 0.15) is 25.0 Å². The zero-order valence-electron chi connectivity index (χ0n) is 17.6. The van der Waals surface area contributed by atoms with Crippen LogP contribution in [-0.4, -0.2) is 37.5 Å². The molecule has 0 aliphatic heterocycles. The van der Waals surface area contributed by atoms with Crippen LogP contribution in [0.2, 0.25) is 0 Å². The number of nitrogens with zero attached hydrogens (tertiary/aromatic N) is 2. The largest absolute Gasteiger partial charge is 0.497 e. The summed E-state index contributed by atoms with van der Waals surface area (Å²) in [7, 11) is 3.18. The lowest BCUT2D eigenvalue weighted by molar-refractivity contribution is -0.121. The first kappa shape index (κ1) is 22.6. The second-order valence-electron chi connectivity index (χ2n) is 6.51. The van der Waals surface area contributed by atoms with Crippen molar-refractivity contribution >= 4 is 23.2 Å². The van der Waals surface area contributed by atoms with Gasteiger partial charge in [0.15, 0.2) is 0 Å². The Hall–Kier alpha value is -3.68. The predicted octanol–water partition coefficient (Wildman–Crippen LogP) is 2.47. The van der Waals surface area contributed by atoms with Gasteiger partial charge < -0.3 is 9.47 Å². The molecule has 0 atom stereocenters. The molecule has 0 bridgehead atoms. The highest BCUT2D eigenvalue weighted by Gasteiger charge is 2.06. The summed E-state index contributed by atoms with van der Waals surface area (Å²) < 4.78 is 10.2. The van der Waals surface area contributed by atoms with Crippen molar-refractivity contribution in [1.82, 2.24) is 10.9 Å². The molecular formula is C22H26N4O4. The molecule has 0 heterocycles. The van der Waals surface area contributed by atoms with Gasteiger partial charge in [-0.15, -0.1) is 0 Å². The van der Waals surface area contributed by atoms with Crippen molar-refractivity contribution in [1.29, 1.82) is 0 Å². The lowest BCUT2D eigenvalue weighted by Gasteiger charge is -2.05. The molecule has 158 valence electrons. The van der Waals surface area contributed by atoms with E-state index in [0.717, 1.165) is 22.6 Å². The molecule has 2 aromatic carbocycles. The molecule has 8 nitrogen and oxygen atoms in total. The lowest BCUT2D eigenvalue weighted by Crippen LogP contribution is -2.25. The highest BCUT2D eigenvalue weighted by Crippen LogP contribution is 2.12. The first-order chi connectivity index (χ1) is 14.4. The van der Waals surface area contributed by atoms with Crippen LogP contribution in [0.3, 0.4) is 0 Å². The third-order valence-electron chi connectivity index (χ3n) is 4.27. The van der Waals surface area contributed by atoms with Gasteiger partial charge in [0.05, 0.1) is 38.5 Å². The van der Waals surface area contributed by atoms with E-state index in [2.05, 4.69) is 21.1 Å². The van der Waals surface area contributed by atoms with Crippen molar-refractivity contribution in [3.8, 4) is 11.5 Å². The van der Waals surface area contributed by atoms with E-state index in [4.69, 9.17) is 9.47 Å². The standard InChI is InChI=1S/C22H26N4O4/c1-15(23-25-21(27)13-17-5-9-19(29-3)10-6-17)16(2)24-26-22(28)14-18-7-11-20(30-4)12-8-18/h5-12H,13-14H2,1-4H3,(H,25,27)(H,26,28)/b23-15+,24-16+. The maximum Gasteiger partial charge on any atom is 0.244 e. The Kier molecular flexibility index (Phi) is 8.56. The van der Waals surface area contributed by atoms with E-state index in [9.17, 15) is 9.59 Å². The molecule has 0 saturated carbocycles. The maximum absolute atomic E-state index is 12.0. The zero-order chi connectivity index (χ0) is 21.9. The van der Waals surface area contributed by atoms with E-state index in [1.54, 1.807) is 52.3 Å². The Morgan fingerprint density at radius 3 is 1.33 bits per heavy atom. The quantitative estimate of drug-likeness (QED) is 0.490. The number of hydrogen-bond donors (Lipinski definition) is 2. The van der Waals surface area contributed by atoms with Crippen LogP contribution in [0.25, 0.3) is 0 Å². The summed E-state index contributed by atoms with van der Waals surface area (Å²) >= 11 is 0. The molecule has 0 aromatic heterocycles. The third kappa shape index (κ3) is 7.38. The summed E-state index contributed by atoms with van der Waals surface area (Å²) in [5, 5.41) is 8.06. The van der Waals surface area contributed by atoms with Crippen LogP contribution in [0.5, 0.6) is 11.5 Å². The van der Waals surface area contributed by atoms with E-state index in [0.29, 0.717) is 11.4 Å². The smallest absolute Gasteiger partial charge is 0.244 e. The van der Waals surface area contributed by atoms with E-state index in [1.807, 2.05) is 24.3 Å². The Balaban J connectivity index is 1.82. The monoisotopic (exact) mass is 410 g/mol. The van der Waals surface area contributed by atoms with Crippen LogP contribution in [0, 0.1) is 0 Å². The minimum Gasteiger partial charge on any atom is -0.497 e. The van der Waals surface area contributed by atoms with Crippen LogP contribution >= 0.6 is 0 Å². The molecule has 0 spiro atoms. The SMILES string of the molecule is COc1ccc(CC(=O)N/N=C(C)/C(C)=N/NC(=O)Cc2ccc(OC)cc2)cc1. The molecule has 0 aliphatic carbocycles. The van der Waals surface area contributed by atoms with Crippen LogP contribution < -0.4 is 20.3 Å².